The Kier molecular flexibility index (Phi) is 6.26. The molecule has 1 aliphatic heterocycles. The Labute approximate surface area is 173 Å². The van der Waals surface area contributed by atoms with E-state index in [4.69, 9.17) is 0 Å². The monoisotopic (exact) mass is 408 g/mol. The molecule has 0 spiro atoms. The summed E-state index contributed by atoms with van der Waals surface area (Å²) < 4.78 is 13.6. The molecule has 0 aromatic heterocycles. The highest BCUT2D eigenvalue weighted by atomic mass is 19.1. The first kappa shape index (κ1) is 20.8. The zero-order valence-electron chi connectivity index (χ0n) is 16.6. The summed E-state index contributed by atoms with van der Waals surface area (Å²) in [5.41, 5.74) is 2.02. The zero-order valence-corrected chi connectivity index (χ0v) is 16.6. The second kappa shape index (κ2) is 9.04. The minimum Gasteiger partial charge on any atom is -0.378 e. The van der Waals surface area contributed by atoms with Crippen molar-refractivity contribution in [3.05, 3.63) is 77.8 Å². The summed E-state index contributed by atoms with van der Waals surface area (Å²) >= 11 is 0. The summed E-state index contributed by atoms with van der Waals surface area (Å²) in [4.78, 5) is 39.3. The van der Waals surface area contributed by atoms with Gasteiger partial charge < -0.3 is 15.5 Å². The molecule has 1 heterocycles. The summed E-state index contributed by atoms with van der Waals surface area (Å²) in [6.45, 7) is -0.522. The molecular weight excluding hydrogens is 387 g/mol. The third-order valence-corrected chi connectivity index (χ3v) is 4.37. The molecule has 154 valence electrons. The molecule has 3 rings (SSSR count). The average Bonchev–Trinajstić information content (AvgIpc) is 2.97. The van der Waals surface area contributed by atoms with Gasteiger partial charge in [-0.3, -0.25) is 9.59 Å². The van der Waals surface area contributed by atoms with E-state index in [0.29, 0.717) is 0 Å². The molecule has 2 aromatic carbocycles. The van der Waals surface area contributed by atoms with E-state index in [0.717, 1.165) is 16.2 Å². The molecule has 1 aliphatic rings. The van der Waals surface area contributed by atoms with Gasteiger partial charge in [0.05, 0.1) is 5.69 Å². The highest BCUT2D eigenvalue weighted by molar-refractivity contribution is 6.14. The second-order valence-corrected chi connectivity index (χ2v) is 6.77. The van der Waals surface area contributed by atoms with E-state index in [1.807, 2.05) is 43.3 Å². The molecule has 7 nitrogen and oxygen atoms in total. The van der Waals surface area contributed by atoms with Crippen LogP contribution >= 0.6 is 0 Å². The first-order chi connectivity index (χ1) is 14.3. The van der Waals surface area contributed by atoms with Crippen LogP contribution in [0.15, 0.2) is 66.4 Å². The van der Waals surface area contributed by atoms with Gasteiger partial charge in [-0.25, -0.2) is 14.1 Å². The molecule has 8 heteroatoms. The Balaban J connectivity index is 1.62. The van der Waals surface area contributed by atoms with Crippen molar-refractivity contribution in [1.82, 2.24) is 10.2 Å². The first-order valence-electron chi connectivity index (χ1n) is 9.18. The maximum Gasteiger partial charge on any atom is 0.329 e. The number of urea groups is 1. The fourth-order valence-corrected chi connectivity index (χ4v) is 2.77. The van der Waals surface area contributed by atoms with Gasteiger partial charge in [0.15, 0.2) is 0 Å². The largest absolute Gasteiger partial charge is 0.378 e. The van der Waals surface area contributed by atoms with Crippen LogP contribution in [-0.2, 0) is 9.59 Å². The lowest BCUT2D eigenvalue weighted by atomic mass is 10.2. The Morgan fingerprint density at radius 2 is 1.83 bits per heavy atom. The highest BCUT2D eigenvalue weighted by Gasteiger charge is 2.34. The maximum atomic E-state index is 13.6. The minimum absolute atomic E-state index is 0.0199. The lowest BCUT2D eigenvalue weighted by Gasteiger charge is -2.12. The van der Waals surface area contributed by atoms with E-state index in [2.05, 4.69) is 10.6 Å². The number of carbonyl (C=O) groups excluding carboxylic acids is 3. The number of imide groups is 1. The van der Waals surface area contributed by atoms with E-state index in [1.165, 1.54) is 24.3 Å². The fourth-order valence-electron chi connectivity index (χ4n) is 2.77. The Hall–Kier alpha value is -3.94. The zero-order chi connectivity index (χ0) is 21.7. The summed E-state index contributed by atoms with van der Waals surface area (Å²) in [7, 11) is 3.90. The van der Waals surface area contributed by atoms with Crippen molar-refractivity contribution >= 4 is 35.3 Å². The van der Waals surface area contributed by atoms with Crippen LogP contribution in [0.5, 0.6) is 0 Å². The van der Waals surface area contributed by atoms with Crippen LogP contribution in [0.1, 0.15) is 5.56 Å². The third-order valence-electron chi connectivity index (χ3n) is 4.37. The molecule has 0 saturated carbocycles. The predicted molar refractivity (Wildman–Crippen MR) is 113 cm³/mol. The van der Waals surface area contributed by atoms with E-state index in [-0.39, 0.29) is 11.4 Å². The Morgan fingerprint density at radius 1 is 1.13 bits per heavy atom. The molecule has 0 bridgehead atoms. The second-order valence-electron chi connectivity index (χ2n) is 6.77. The van der Waals surface area contributed by atoms with Gasteiger partial charge in [0.25, 0.3) is 5.91 Å². The third kappa shape index (κ3) is 4.91. The number of nitrogens with one attached hydrogen (secondary N) is 2. The fraction of sp³-hybridized carbons (Fsp3) is 0.136. The molecule has 0 radical (unpaired) electrons. The number of nitrogens with zero attached hydrogens (tertiary/aromatic N) is 2. The quantitative estimate of drug-likeness (QED) is 0.569. The van der Waals surface area contributed by atoms with Crippen LogP contribution in [0, 0.1) is 5.82 Å². The number of halogens is 1. The van der Waals surface area contributed by atoms with Gasteiger partial charge in [-0.2, -0.15) is 0 Å². The smallest absolute Gasteiger partial charge is 0.329 e. The van der Waals surface area contributed by atoms with Gasteiger partial charge in [0.2, 0.25) is 5.91 Å². The lowest BCUT2D eigenvalue weighted by molar-refractivity contribution is -0.127. The number of rotatable bonds is 6. The van der Waals surface area contributed by atoms with E-state index in [9.17, 15) is 18.8 Å². The van der Waals surface area contributed by atoms with Crippen molar-refractivity contribution in [1.29, 1.82) is 0 Å². The number of amides is 4. The van der Waals surface area contributed by atoms with Gasteiger partial charge in [0, 0.05) is 19.8 Å². The van der Waals surface area contributed by atoms with Gasteiger partial charge in [-0.1, -0.05) is 36.4 Å². The molecule has 1 fully saturated rings. The minimum atomic E-state index is -0.710. The van der Waals surface area contributed by atoms with Gasteiger partial charge in [-0.15, -0.1) is 0 Å². The van der Waals surface area contributed by atoms with E-state index >= 15 is 0 Å². The molecular formula is C22H21FN4O3. The predicted octanol–water partition coefficient (Wildman–Crippen LogP) is 2.98. The van der Waals surface area contributed by atoms with Crippen LogP contribution < -0.4 is 15.5 Å². The van der Waals surface area contributed by atoms with Gasteiger partial charge >= 0.3 is 6.03 Å². The number of benzene rings is 2. The normalized spacial score (nSPS) is 15.0. The summed E-state index contributed by atoms with van der Waals surface area (Å²) in [5, 5.41) is 4.78. The Morgan fingerprint density at radius 3 is 2.50 bits per heavy atom. The van der Waals surface area contributed by atoms with Crippen LogP contribution in [0.4, 0.5) is 20.6 Å². The highest BCUT2D eigenvalue weighted by Crippen LogP contribution is 2.15. The van der Waals surface area contributed by atoms with Crippen LogP contribution in [0.25, 0.3) is 6.08 Å². The van der Waals surface area contributed by atoms with Crippen LogP contribution in [-0.4, -0.2) is 43.4 Å². The van der Waals surface area contributed by atoms with Crippen molar-refractivity contribution in [3.8, 4) is 0 Å². The molecule has 0 aliphatic carbocycles. The molecule has 2 N–H and O–H groups in total. The lowest BCUT2D eigenvalue weighted by Crippen LogP contribution is -2.38. The first-order valence-corrected chi connectivity index (χ1v) is 9.18. The van der Waals surface area contributed by atoms with E-state index in [1.54, 1.807) is 18.2 Å². The number of hydrogen-bond acceptors (Lipinski definition) is 4. The maximum absolute atomic E-state index is 13.6. The molecule has 0 atom stereocenters. The van der Waals surface area contributed by atoms with Gasteiger partial charge in [-0.05, 0) is 35.9 Å². The number of anilines is 2. The summed E-state index contributed by atoms with van der Waals surface area (Å²) in [6.07, 6.45) is 4.90. The topological polar surface area (TPSA) is 81.8 Å². The molecule has 2 aromatic rings. The van der Waals surface area contributed by atoms with Crippen molar-refractivity contribution in [2.75, 3.05) is 30.9 Å². The van der Waals surface area contributed by atoms with Crippen LogP contribution in [0.3, 0.4) is 0 Å². The standard InChI is InChI=1S/C22H21FN4O3/c1-26(2)16-12-10-15(11-13-16)6-5-9-19-21(29)27(22(30)25-19)14-20(28)24-18-8-4-3-7-17(18)23/h3-13H,14H2,1-2H3,(H,24,28)(H,25,30)/b6-5+,19-9+. The van der Waals surface area contributed by atoms with Crippen molar-refractivity contribution < 1.29 is 18.8 Å². The molecule has 30 heavy (non-hydrogen) atoms. The number of carbonyl (C=O) groups is 3. The van der Waals surface area contributed by atoms with Crippen molar-refractivity contribution in [2.45, 2.75) is 0 Å². The molecule has 1 saturated heterocycles. The average molecular weight is 408 g/mol. The van der Waals surface area contributed by atoms with Crippen molar-refractivity contribution in [2.24, 2.45) is 0 Å². The molecule has 0 unspecified atom stereocenters. The molecule has 4 amide bonds. The summed E-state index contributed by atoms with van der Waals surface area (Å²) in [5.74, 6) is -1.91. The summed E-state index contributed by atoms with van der Waals surface area (Å²) in [6, 6.07) is 12.7. The number of allylic oxidation sites excluding steroid dienone is 2. The number of para-hydroxylation sites is 1. The Bertz CT molecular complexity index is 1030. The van der Waals surface area contributed by atoms with Gasteiger partial charge in [0.1, 0.15) is 18.1 Å². The van der Waals surface area contributed by atoms with Crippen LogP contribution in [0.2, 0.25) is 0 Å². The van der Waals surface area contributed by atoms with Crippen molar-refractivity contribution in [3.63, 3.8) is 0 Å². The van der Waals surface area contributed by atoms with E-state index < -0.39 is 30.2 Å². The SMILES string of the molecule is CN(C)c1ccc(/C=C/C=C2/NC(=O)N(CC(=O)Nc3ccccc3F)C2=O)cc1. The number of hydrogen-bond donors (Lipinski definition) is 2.